The Balaban J connectivity index is 1.77. The minimum absolute atomic E-state index is 0.0560. The molecule has 0 radical (unpaired) electrons. The summed E-state index contributed by atoms with van der Waals surface area (Å²) in [5.41, 5.74) is 27.1. The highest BCUT2D eigenvalue weighted by Gasteiger charge is 2.68. The van der Waals surface area contributed by atoms with Gasteiger partial charge in [0.1, 0.15) is 17.5 Å². The van der Waals surface area contributed by atoms with E-state index in [0.717, 1.165) is 56.9 Å². The first-order valence-electron chi connectivity index (χ1n) is 18.7. The highest BCUT2D eigenvalue weighted by molar-refractivity contribution is 6.22. The van der Waals surface area contributed by atoms with Gasteiger partial charge in [-0.25, -0.2) is 0 Å². The number of hydrogen-bond acceptors (Lipinski definition) is 9. The first-order chi connectivity index (χ1) is 24.0. The van der Waals surface area contributed by atoms with E-state index >= 15 is 9.59 Å². The van der Waals surface area contributed by atoms with Crippen molar-refractivity contribution >= 4 is 35.5 Å². The SMILES string of the molecule is NC(N)=NCCC[C@H](N)C(=O)N1CCC[C@H]1C(=O)C(C(=O)CCc1ccccc1)(C1CCCCC1)[C@](N)(C=O)C(=O)[C@H](N)CC1CCCCC1. The molecule has 1 aromatic rings. The molecule has 276 valence electrons. The van der Waals surface area contributed by atoms with Crippen LogP contribution in [0.1, 0.15) is 108 Å². The number of benzene rings is 1. The number of nitrogens with zero attached hydrogens (tertiary/aromatic N) is 2. The molecular weight excluding hydrogens is 634 g/mol. The fourth-order valence-electron chi connectivity index (χ4n) is 8.94. The maximum absolute atomic E-state index is 15.5. The molecule has 0 bridgehead atoms. The first kappa shape index (κ1) is 39.3. The molecular formula is C38H59N7O5. The van der Waals surface area contributed by atoms with E-state index in [0.29, 0.717) is 51.4 Å². The number of carbonyl (C=O) groups excluding carboxylic acids is 5. The van der Waals surface area contributed by atoms with Crippen molar-refractivity contribution in [2.45, 2.75) is 133 Å². The summed E-state index contributed by atoms with van der Waals surface area (Å²) in [5, 5.41) is 0. The lowest BCUT2D eigenvalue weighted by Crippen LogP contribution is -2.75. The summed E-state index contributed by atoms with van der Waals surface area (Å²) in [5.74, 6) is -2.89. The number of carbonyl (C=O) groups is 5. The number of nitrogens with two attached hydrogens (primary N) is 5. The van der Waals surface area contributed by atoms with Gasteiger partial charge in [-0.2, -0.15) is 0 Å². The third-order valence-electron chi connectivity index (χ3n) is 11.5. The van der Waals surface area contributed by atoms with E-state index in [9.17, 15) is 14.4 Å². The van der Waals surface area contributed by atoms with Gasteiger partial charge in [-0.3, -0.25) is 24.2 Å². The maximum atomic E-state index is 15.5. The first-order valence-corrected chi connectivity index (χ1v) is 18.7. The Bertz CT molecular complexity index is 1360. The van der Waals surface area contributed by atoms with Crippen LogP contribution in [0, 0.1) is 17.3 Å². The number of hydrogen-bond donors (Lipinski definition) is 5. The molecule has 3 aliphatic rings. The molecule has 1 aliphatic heterocycles. The smallest absolute Gasteiger partial charge is 0.240 e. The van der Waals surface area contributed by atoms with E-state index in [1.807, 2.05) is 30.3 Å². The summed E-state index contributed by atoms with van der Waals surface area (Å²) in [6.45, 7) is 0.550. The zero-order valence-corrected chi connectivity index (χ0v) is 29.6. The molecule has 12 nitrogen and oxygen atoms in total. The normalized spacial score (nSPS) is 22.5. The molecule has 2 saturated carbocycles. The number of aliphatic imine (C=N–C) groups is 1. The zero-order chi connectivity index (χ0) is 36.3. The summed E-state index contributed by atoms with van der Waals surface area (Å²) in [4.78, 5) is 78.0. The van der Waals surface area contributed by atoms with Crippen LogP contribution in [0.5, 0.6) is 0 Å². The molecule has 0 spiro atoms. The molecule has 0 aromatic heterocycles. The van der Waals surface area contributed by atoms with Crippen LogP contribution >= 0.6 is 0 Å². The highest BCUT2D eigenvalue weighted by atomic mass is 16.2. The van der Waals surface area contributed by atoms with Crippen LogP contribution in [-0.2, 0) is 30.4 Å². The summed E-state index contributed by atoms with van der Waals surface area (Å²) in [7, 11) is 0. The Kier molecular flexibility index (Phi) is 14.3. The molecule has 1 heterocycles. The largest absolute Gasteiger partial charge is 0.370 e. The van der Waals surface area contributed by atoms with E-state index in [2.05, 4.69) is 4.99 Å². The summed E-state index contributed by atoms with van der Waals surface area (Å²) >= 11 is 0. The average molecular weight is 694 g/mol. The molecule has 50 heavy (non-hydrogen) atoms. The lowest BCUT2D eigenvalue weighted by Gasteiger charge is -2.50. The van der Waals surface area contributed by atoms with Crippen LogP contribution in [-0.4, -0.2) is 77.2 Å². The van der Waals surface area contributed by atoms with E-state index < -0.39 is 58.3 Å². The Labute approximate surface area is 296 Å². The summed E-state index contributed by atoms with van der Waals surface area (Å²) in [6, 6.07) is 6.28. The lowest BCUT2D eigenvalue weighted by atomic mass is 9.51. The molecule has 1 amide bonds. The van der Waals surface area contributed by atoms with Gasteiger partial charge in [-0.05, 0) is 68.8 Å². The quantitative estimate of drug-likeness (QED) is 0.0496. The van der Waals surface area contributed by atoms with E-state index in [-0.39, 0.29) is 37.7 Å². The fraction of sp³-hybridized carbons (Fsp3) is 0.684. The number of aryl methyl sites for hydroxylation is 1. The predicted octanol–water partition coefficient (Wildman–Crippen LogP) is 2.46. The van der Waals surface area contributed by atoms with Crippen molar-refractivity contribution in [1.82, 2.24) is 4.90 Å². The summed E-state index contributed by atoms with van der Waals surface area (Å²) in [6.07, 6.45) is 10.6. The number of Topliss-reactive ketones (excluding diaryl/α,β-unsaturated/α-hetero) is 3. The van der Waals surface area contributed by atoms with Gasteiger partial charge in [0.15, 0.2) is 23.1 Å². The third-order valence-corrected chi connectivity index (χ3v) is 11.5. The monoisotopic (exact) mass is 693 g/mol. The van der Waals surface area contributed by atoms with E-state index in [1.165, 1.54) is 4.90 Å². The second kappa shape index (κ2) is 18.1. The number of aldehydes is 1. The fourth-order valence-corrected chi connectivity index (χ4v) is 8.94. The van der Waals surface area contributed by atoms with Crippen LogP contribution in [0.15, 0.2) is 35.3 Å². The van der Waals surface area contributed by atoms with Crippen molar-refractivity contribution in [3.05, 3.63) is 35.9 Å². The molecule has 2 aliphatic carbocycles. The van der Waals surface area contributed by atoms with Crippen molar-refractivity contribution in [3.8, 4) is 0 Å². The second-order valence-corrected chi connectivity index (χ2v) is 14.9. The lowest BCUT2D eigenvalue weighted by molar-refractivity contribution is -0.164. The number of guanidine groups is 1. The average Bonchev–Trinajstić information content (AvgIpc) is 3.63. The van der Waals surface area contributed by atoms with Gasteiger partial charge in [0.2, 0.25) is 5.91 Å². The number of amides is 1. The van der Waals surface area contributed by atoms with Crippen molar-refractivity contribution < 1.29 is 24.0 Å². The van der Waals surface area contributed by atoms with Gasteiger partial charge < -0.3 is 38.4 Å². The van der Waals surface area contributed by atoms with Crippen molar-refractivity contribution in [1.29, 1.82) is 0 Å². The van der Waals surface area contributed by atoms with Gasteiger partial charge in [-0.1, -0.05) is 81.7 Å². The van der Waals surface area contributed by atoms with Crippen molar-refractivity contribution in [2.24, 2.45) is 50.9 Å². The number of ketones is 3. The van der Waals surface area contributed by atoms with Crippen LogP contribution in [0.25, 0.3) is 0 Å². The molecule has 12 heteroatoms. The highest BCUT2D eigenvalue weighted by Crippen LogP contribution is 2.50. The minimum atomic E-state index is -2.51. The Morgan fingerprint density at radius 1 is 0.880 bits per heavy atom. The number of rotatable bonds is 18. The molecule has 5 atom stereocenters. The van der Waals surface area contributed by atoms with Crippen molar-refractivity contribution in [3.63, 3.8) is 0 Å². The molecule has 1 unspecified atom stereocenters. The standard InChI is InChI=1S/C38H59N7O5/c39-29(18-10-22-44-36(41)42)35(50)45-23-11-19-31(45)34(49)38(28-16-8-3-9-17-28,32(47)21-20-26-12-4-1-5-13-26)37(43,25-46)33(48)30(40)24-27-14-6-2-7-15-27/h1,4-5,12-13,25,27-31H,2-3,6-11,14-24,39-40,43H2,(H4,41,42,44)/t29-,30+,31-,37-,38?/m0/s1. The molecule has 10 N–H and O–H groups in total. The molecule has 3 fully saturated rings. The van der Waals surface area contributed by atoms with E-state index in [4.69, 9.17) is 28.7 Å². The van der Waals surface area contributed by atoms with Crippen LogP contribution in [0.3, 0.4) is 0 Å². The second-order valence-electron chi connectivity index (χ2n) is 14.9. The van der Waals surface area contributed by atoms with Gasteiger partial charge in [-0.15, -0.1) is 0 Å². The predicted molar refractivity (Wildman–Crippen MR) is 194 cm³/mol. The maximum Gasteiger partial charge on any atom is 0.240 e. The Hall–Kier alpha value is -3.48. The van der Waals surface area contributed by atoms with Gasteiger partial charge >= 0.3 is 0 Å². The molecule has 1 saturated heterocycles. The number of likely N-dealkylation sites (tertiary alicyclic amines) is 1. The molecule has 1 aromatic carbocycles. The van der Waals surface area contributed by atoms with Crippen LogP contribution < -0.4 is 28.7 Å². The van der Waals surface area contributed by atoms with Gasteiger partial charge in [0.25, 0.3) is 0 Å². The van der Waals surface area contributed by atoms with Crippen molar-refractivity contribution in [2.75, 3.05) is 13.1 Å². The third kappa shape index (κ3) is 8.69. The zero-order valence-electron chi connectivity index (χ0n) is 29.6. The minimum Gasteiger partial charge on any atom is -0.370 e. The van der Waals surface area contributed by atoms with Crippen LogP contribution in [0.4, 0.5) is 0 Å². The topological polar surface area (TPSA) is 231 Å². The van der Waals surface area contributed by atoms with E-state index in [1.54, 1.807) is 0 Å². The van der Waals surface area contributed by atoms with Crippen LogP contribution in [0.2, 0.25) is 0 Å². The van der Waals surface area contributed by atoms with Gasteiger partial charge in [0, 0.05) is 19.5 Å². The Morgan fingerprint density at radius 2 is 1.52 bits per heavy atom. The summed E-state index contributed by atoms with van der Waals surface area (Å²) < 4.78 is 0. The molecule has 4 rings (SSSR count). The Morgan fingerprint density at radius 3 is 2.14 bits per heavy atom. The van der Waals surface area contributed by atoms with Gasteiger partial charge in [0.05, 0.1) is 18.1 Å².